The van der Waals surface area contributed by atoms with Gasteiger partial charge in [0.1, 0.15) is 17.6 Å². The smallest absolute Gasteiger partial charge is 0.281 e. The van der Waals surface area contributed by atoms with Gasteiger partial charge in [0, 0.05) is 18.4 Å². The summed E-state index contributed by atoms with van der Waals surface area (Å²) in [5, 5.41) is 9.32. The van der Waals surface area contributed by atoms with E-state index >= 15 is 0 Å². The van der Waals surface area contributed by atoms with Gasteiger partial charge in [0.2, 0.25) is 5.91 Å². The topological polar surface area (TPSA) is 84.1 Å². The minimum absolute atomic E-state index is 0.223. The van der Waals surface area contributed by atoms with Crippen molar-refractivity contribution >= 4 is 34.8 Å². The highest BCUT2D eigenvalue weighted by molar-refractivity contribution is 6.30. The number of anilines is 1. The van der Waals surface area contributed by atoms with E-state index in [1.54, 1.807) is 36.6 Å². The SMILES string of the molecule is CC(=O)Nc1ccc(C)cc1OCC(=O)N1N=C(c2ccc(Cl)cc2)CC1c1ccco1. The summed E-state index contributed by atoms with van der Waals surface area (Å²) in [4.78, 5) is 24.6. The number of hydrogen-bond donors (Lipinski definition) is 1. The molecular formula is C24H22ClN3O4. The van der Waals surface area contributed by atoms with Crippen LogP contribution in [0.25, 0.3) is 0 Å². The highest BCUT2D eigenvalue weighted by Gasteiger charge is 2.35. The lowest BCUT2D eigenvalue weighted by molar-refractivity contribution is -0.135. The molecule has 0 fully saturated rings. The fourth-order valence-electron chi connectivity index (χ4n) is 3.51. The maximum atomic E-state index is 13.1. The predicted molar refractivity (Wildman–Crippen MR) is 122 cm³/mol. The summed E-state index contributed by atoms with van der Waals surface area (Å²) in [7, 11) is 0. The van der Waals surface area contributed by atoms with Crippen LogP contribution in [0.4, 0.5) is 5.69 Å². The number of furan rings is 1. The van der Waals surface area contributed by atoms with Crippen molar-refractivity contribution in [2.24, 2.45) is 5.10 Å². The molecule has 0 aliphatic carbocycles. The van der Waals surface area contributed by atoms with Crippen LogP contribution in [0.2, 0.25) is 5.02 Å². The van der Waals surface area contributed by atoms with E-state index in [2.05, 4.69) is 10.4 Å². The van der Waals surface area contributed by atoms with Gasteiger partial charge in [0.15, 0.2) is 6.61 Å². The number of aryl methyl sites for hydroxylation is 1. The van der Waals surface area contributed by atoms with Crippen molar-refractivity contribution in [3.63, 3.8) is 0 Å². The average molecular weight is 452 g/mol. The molecular weight excluding hydrogens is 430 g/mol. The first-order valence-electron chi connectivity index (χ1n) is 10.1. The standard InChI is InChI=1S/C24H22ClN3O4/c1-15-5-10-19(26-16(2)29)23(12-15)32-14-24(30)28-21(22-4-3-11-31-22)13-20(27-28)17-6-8-18(25)9-7-17/h3-12,21H,13-14H2,1-2H3,(H,26,29). The second kappa shape index (κ2) is 9.28. The van der Waals surface area contributed by atoms with E-state index in [1.165, 1.54) is 11.9 Å². The summed E-state index contributed by atoms with van der Waals surface area (Å²) in [5.74, 6) is 0.509. The fraction of sp³-hybridized carbons (Fsp3) is 0.208. The Morgan fingerprint density at radius 3 is 2.69 bits per heavy atom. The van der Waals surface area contributed by atoms with Crippen LogP contribution in [0.5, 0.6) is 5.75 Å². The Kier molecular flexibility index (Phi) is 6.28. The van der Waals surface area contributed by atoms with Crippen molar-refractivity contribution in [3.05, 3.63) is 82.8 Å². The summed E-state index contributed by atoms with van der Waals surface area (Å²) in [5.41, 5.74) is 3.09. The number of halogens is 1. The average Bonchev–Trinajstić information content (AvgIpc) is 3.44. The maximum absolute atomic E-state index is 13.1. The molecule has 0 saturated carbocycles. The Morgan fingerprint density at radius 1 is 1.22 bits per heavy atom. The first-order valence-corrected chi connectivity index (χ1v) is 10.5. The normalized spacial score (nSPS) is 15.4. The van der Waals surface area contributed by atoms with Crippen LogP contribution in [0.1, 0.15) is 36.3 Å². The lowest BCUT2D eigenvalue weighted by Gasteiger charge is -2.20. The van der Waals surface area contributed by atoms with Crippen molar-refractivity contribution in [2.45, 2.75) is 26.3 Å². The molecule has 164 valence electrons. The molecule has 7 nitrogen and oxygen atoms in total. The van der Waals surface area contributed by atoms with Gasteiger partial charge in [-0.05, 0) is 54.4 Å². The lowest BCUT2D eigenvalue weighted by atomic mass is 10.0. The van der Waals surface area contributed by atoms with Gasteiger partial charge in [-0.25, -0.2) is 5.01 Å². The van der Waals surface area contributed by atoms with Gasteiger partial charge in [-0.3, -0.25) is 9.59 Å². The number of hydrazone groups is 1. The first kappa shape index (κ1) is 21.6. The number of ether oxygens (including phenoxy) is 1. The molecule has 1 aliphatic heterocycles. The molecule has 1 unspecified atom stereocenters. The van der Waals surface area contributed by atoms with Crippen molar-refractivity contribution in [3.8, 4) is 5.75 Å². The lowest BCUT2D eigenvalue weighted by Crippen LogP contribution is -2.31. The molecule has 32 heavy (non-hydrogen) atoms. The molecule has 1 N–H and O–H groups in total. The Morgan fingerprint density at radius 2 is 2.00 bits per heavy atom. The third kappa shape index (κ3) is 4.84. The molecule has 0 bridgehead atoms. The summed E-state index contributed by atoms with van der Waals surface area (Å²) in [6.07, 6.45) is 2.07. The van der Waals surface area contributed by atoms with E-state index in [0.717, 1.165) is 16.8 Å². The molecule has 2 aromatic carbocycles. The Labute approximate surface area is 190 Å². The van der Waals surface area contributed by atoms with E-state index < -0.39 is 0 Å². The van der Waals surface area contributed by atoms with Crippen LogP contribution in [-0.2, 0) is 9.59 Å². The number of nitrogens with one attached hydrogen (secondary N) is 1. The molecule has 0 radical (unpaired) electrons. The van der Waals surface area contributed by atoms with Crippen LogP contribution in [-0.4, -0.2) is 29.1 Å². The number of benzene rings is 2. The third-order valence-electron chi connectivity index (χ3n) is 5.01. The van der Waals surface area contributed by atoms with Gasteiger partial charge in [0.05, 0.1) is 17.7 Å². The zero-order chi connectivity index (χ0) is 22.7. The number of carbonyl (C=O) groups is 2. The largest absolute Gasteiger partial charge is 0.482 e. The van der Waals surface area contributed by atoms with E-state index in [4.69, 9.17) is 20.8 Å². The molecule has 2 amide bonds. The zero-order valence-electron chi connectivity index (χ0n) is 17.7. The molecule has 8 heteroatoms. The van der Waals surface area contributed by atoms with Crippen LogP contribution in [0.3, 0.4) is 0 Å². The van der Waals surface area contributed by atoms with E-state index in [9.17, 15) is 9.59 Å². The number of amides is 2. The molecule has 1 aromatic heterocycles. The molecule has 2 heterocycles. The number of carbonyl (C=O) groups excluding carboxylic acids is 2. The van der Waals surface area contributed by atoms with Gasteiger partial charge in [-0.15, -0.1) is 0 Å². The van der Waals surface area contributed by atoms with Crippen LogP contribution in [0.15, 0.2) is 70.4 Å². The monoisotopic (exact) mass is 451 g/mol. The molecule has 4 rings (SSSR count). The van der Waals surface area contributed by atoms with Crippen LogP contribution in [0, 0.1) is 6.92 Å². The third-order valence-corrected chi connectivity index (χ3v) is 5.27. The number of hydrogen-bond acceptors (Lipinski definition) is 5. The summed E-state index contributed by atoms with van der Waals surface area (Å²) in [6.45, 7) is 3.08. The molecule has 0 saturated heterocycles. The van der Waals surface area contributed by atoms with E-state index in [0.29, 0.717) is 28.6 Å². The molecule has 1 atom stereocenters. The van der Waals surface area contributed by atoms with Gasteiger partial charge < -0.3 is 14.5 Å². The Hall–Kier alpha value is -3.58. The van der Waals surface area contributed by atoms with Crippen LogP contribution < -0.4 is 10.1 Å². The minimum atomic E-state index is -0.376. The van der Waals surface area contributed by atoms with Crippen molar-refractivity contribution < 1.29 is 18.7 Å². The van der Waals surface area contributed by atoms with Gasteiger partial charge in [0.25, 0.3) is 5.91 Å². The predicted octanol–water partition coefficient (Wildman–Crippen LogP) is 4.96. The second-order valence-corrected chi connectivity index (χ2v) is 7.93. The fourth-order valence-corrected chi connectivity index (χ4v) is 3.63. The van der Waals surface area contributed by atoms with Gasteiger partial charge in [-0.1, -0.05) is 29.8 Å². The van der Waals surface area contributed by atoms with Crippen molar-refractivity contribution in [1.82, 2.24) is 5.01 Å². The number of rotatable bonds is 6. The Balaban J connectivity index is 1.56. The highest BCUT2D eigenvalue weighted by Crippen LogP contribution is 2.34. The van der Waals surface area contributed by atoms with Gasteiger partial charge >= 0.3 is 0 Å². The second-order valence-electron chi connectivity index (χ2n) is 7.50. The van der Waals surface area contributed by atoms with Gasteiger partial charge in [-0.2, -0.15) is 5.10 Å². The number of nitrogens with zero attached hydrogens (tertiary/aromatic N) is 2. The summed E-state index contributed by atoms with van der Waals surface area (Å²) in [6, 6.07) is 15.9. The summed E-state index contributed by atoms with van der Waals surface area (Å²) >= 11 is 6.00. The molecule has 1 aliphatic rings. The Bertz CT molecular complexity index is 1160. The zero-order valence-corrected chi connectivity index (χ0v) is 18.4. The molecule has 0 spiro atoms. The van der Waals surface area contributed by atoms with Crippen molar-refractivity contribution in [2.75, 3.05) is 11.9 Å². The van der Waals surface area contributed by atoms with E-state index in [1.807, 2.05) is 31.2 Å². The quantitative estimate of drug-likeness (QED) is 0.574. The van der Waals surface area contributed by atoms with E-state index in [-0.39, 0.29) is 24.5 Å². The molecule has 3 aromatic rings. The highest BCUT2D eigenvalue weighted by atomic mass is 35.5. The minimum Gasteiger partial charge on any atom is -0.482 e. The first-order chi connectivity index (χ1) is 15.4. The maximum Gasteiger partial charge on any atom is 0.281 e. The van der Waals surface area contributed by atoms with Crippen molar-refractivity contribution in [1.29, 1.82) is 0 Å². The summed E-state index contributed by atoms with van der Waals surface area (Å²) < 4.78 is 11.4. The van der Waals surface area contributed by atoms with Crippen LogP contribution >= 0.6 is 11.6 Å².